The van der Waals surface area contributed by atoms with Gasteiger partial charge in [0, 0.05) is 136 Å². The second kappa shape index (κ2) is 75.0. The van der Waals surface area contributed by atoms with Crippen LogP contribution in [0, 0.1) is 39.6 Å². The molecule has 3 radical (unpaired) electrons. The van der Waals surface area contributed by atoms with Crippen LogP contribution < -0.4 is 45.3 Å². The fraction of sp³-hybridized carbons (Fsp3) is 0.434. The molecular formula is C106H142B3Br2I4N7NaO18PdS6. The summed E-state index contributed by atoms with van der Waals surface area (Å²) in [5.74, 6) is 2.63. The molecule has 12 heterocycles. The quantitative estimate of drug-likeness (QED) is 0.00931. The zero-order chi connectivity index (χ0) is 104. The molecule has 11 aromatic rings. The van der Waals surface area contributed by atoms with Gasteiger partial charge in [-0.25, -0.2) is 33.3 Å². The number of halogens is 6. The van der Waals surface area contributed by atoms with Crippen molar-refractivity contribution in [3.05, 3.63) is 249 Å². The molecule has 11 aromatic heterocycles. The van der Waals surface area contributed by atoms with Crippen molar-refractivity contribution in [1.29, 1.82) is 0 Å². The molecule has 0 amide bonds. The van der Waals surface area contributed by atoms with Gasteiger partial charge in [0.2, 0.25) is 0 Å². The molecule has 25 nitrogen and oxygen atoms in total. The fourth-order valence-electron chi connectivity index (χ4n) is 15.1. The number of aryl methyl sites for hydroxylation is 1. The van der Waals surface area contributed by atoms with E-state index in [9.17, 15) is 33.7 Å². The van der Waals surface area contributed by atoms with E-state index >= 15 is 0 Å². The van der Waals surface area contributed by atoms with Crippen molar-refractivity contribution in [2.75, 3.05) is 55.8 Å². The topological polar surface area (TPSA) is 337 Å². The summed E-state index contributed by atoms with van der Waals surface area (Å²) in [4.78, 5) is 105. The van der Waals surface area contributed by atoms with E-state index in [1.54, 1.807) is 50.8 Å². The van der Waals surface area contributed by atoms with Crippen molar-refractivity contribution in [3.63, 3.8) is 0 Å². The molecule has 148 heavy (non-hydrogen) atoms. The number of alkyl halides is 3. The summed E-state index contributed by atoms with van der Waals surface area (Å²) in [5.41, 5.74) is 20.1. The number of nitrogen functional groups attached to an aromatic ring is 1. The summed E-state index contributed by atoms with van der Waals surface area (Å²) < 4.78 is 46.3. The Hall–Kier alpha value is -4.97. The van der Waals surface area contributed by atoms with E-state index in [1.165, 1.54) is 230 Å². The first kappa shape index (κ1) is 145. The van der Waals surface area contributed by atoms with Crippen molar-refractivity contribution in [3.8, 4) is 44.5 Å². The van der Waals surface area contributed by atoms with Crippen LogP contribution in [0.5, 0.6) is 0 Å². The number of anilines is 1. The SMILES string of the molecule is C.C.C.CC(C)(C)ON=O.CC1CC=C(B2OC(C)(C)C(C)(C)O2)CC1.CI.COC(=O)c1sccc1-c1cc[n+](C)cc1C1CCC(C)CC1.COC(=O)c1sccc1-c1ccncc1Br.COC(=O)c1sccc1-c1ccncc1C1=CCC(C)CC1.COC(=O)c1sccc1-c1ccncc1C1CCC(C)CC1.COC(=O)c1sccc1I.COC(=O)c1sccc1N.ICI.OB(O)c1ccncc1Br.[B].[CH3-].[H-].[Na+].[Pd]. The number of carbonyl (C=O) groups excluding carboxylic acids is 6. The number of ether oxygens (including phenoxy) is 6. The molecule has 42 heteroatoms. The first-order valence-electron chi connectivity index (χ1n) is 45.3. The maximum absolute atomic E-state index is 12.0. The third-order valence-corrected chi connectivity index (χ3v) is 31.5. The average molecular weight is 2820 g/mol. The first-order valence-corrected chi connectivity index (χ1v) is 58.5. The van der Waals surface area contributed by atoms with Crippen LogP contribution in [0.15, 0.2) is 193 Å². The Morgan fingerprint density at radius 2 is 0.865 bits per heavy atom. The minimum absolute atomic E-state index is 0. The molecular weight excluding hydrogens is 2680 g/mol. The molecule has 1 saturated heterocycles. The van der Waals surface area contributed by atoms with Crippen LogP contribution in [0.4, 0.5) is 5.69 Å². The second-order valence-corrected chi connectivity index (χ2v) is 47.9. The van der Waals surface area contributed by atoms with Crippen molar-refractivity contribution < 1.29 is 137 Å². The maximum atomic E-state index is 12.0. The van der Waals surface area contributed by atoms with Crippen LogP contribution >= 0.6 is 190 Å². The van der Waals surface area contributed by atoms with E-state index in [4.69, 9.17) is 44.0 Å². The van der Waals surface area contributed by atoms with Gasteiger partial charge in [0.15, 0.2) is 17.7 Å². The Morgan fingerprint density at radius 3 is 1.24 bits per heavy atom. The Balaban J connectivity index is -0.00000162. The summed E-state index contributed by atoms with van der Waals surface area (Å²) in [7, 11) is 8.92. The van der Waals surface area contributed by atoms with Crippen molar-refractivity contribution >= 4 is 265 Å². The number of methoxy groups -OCH3 is 6. The molecule has 2 saturated carbocycles. The molecule has 0 spiro atoms. The number of nitrogens with two attached hydrogens (primary N) is 1. The Labute approximate surface area is 1010 Å². The van der Waals surface area contributed by atoms with Crippen molar-refractivity contribution in [1.82, 2.24) is 19.9 Å². The van der Waals surface area contributed by atoms with Crippen molar-refractivity contribution in [2.24, 2.45) is 36.1 Å². The third kappa shape index (κ3) is 45.3. The largest absolute Gasteiger partial charge is 1.00 e. The number of allylic oxidation sites excluding steroid dienone is 4. The summed E-state index contributed by atoms with van der Waals surface area (Å²) in [6.45, 7) is 23.0. The number of esters is 6. The van der Waals surface area contributed by atoms with Crippen LogP contribution in [0.25, 0.3) is 50.1 Å². The summed E-state index contributed by atoms with van der Waals surface area (Å²) in [6.07, 6.45) is 39.7. The van der Waals surface area contributed by atoms with Crippen LogP contribution in [0.3, 0.4) is 0 Å². The van der Waals surface area contributed by atoms with E-state index in [2.05, 4.69) is 259 Å². The Bertz CT molecular complexity index is 5800. The smallest absolute Gasteiger partial charge is 1.00 e. The van der Waals surface area contributed by atoms with Gasteiger partial charge in [-0.1, -0.05) is 156 Å². The van der Waals surface area contributed by atoms with Gasteiger partial charge >= 0.3 is 79.6 Å². The number of rotatable bonds is 16. The van der Waals surface area contributed by atoms with Gasteiger partial charge in [0.25, 0.3) is 0 Å². The predicted octanol–water partition coefficient (Wildman–Crippen LogP) is 27.0. The normalized spacial score (nSPS) is 16.4. The molecule has 2 unspecified atom stereocenters. The van der Waals surface area contributed by atoms with Gasteiger partial charge in [-0.05, 0) is 339 Å². The fourth-order valence-corrected chi connectivity index (χ4v) is 21.8. The van der Waals surface area contributed by atoms with E-state index < -0.39 is 12.7 Å². The van der Waals surface area contributed by atoms with E-state index in [1.807, 2.05) is 99.0 Å². The molecule has 0 aromatic carbocycles. The van der Waals surface area contributed by atoms with Crippen LogP contribution in [0.1, 0.15) is 276 Å². The zero-order valence-corrected chi connectivity index (χ0v) is 106. The number of hydrogen-bond donors (Lipinski definition) is 3. The molecule has 0 bridgehead atoms. The van der Waals surface area contributed by atoms with E-state index in [-0.39, 0.29) is 144 Å². The van der Waals surface area contributed by atoms with Crippen LogP contribution in [-0.2, 0) is 70.0 Å². The van der Waals surface area contributed by atoms with Gasteiger partial charge < -0.3 is 67.2 Å². The third-order valence-electron chi connectivity index (χ3n) is 23.5. The summed E-state index contributed by atoms with van der Waals surface area (Å²) >= 11 is 23.7. The minimum atomic E-state index is -1.43. The molecule has 1 aliphatic heterocycles. The minimum Gasteiger partial charge on any atom is -1.00 e. The average Bonchev–Trinajstić information content (AvgIpc) is 1.61. The number of carbonyl (C=O) groups is 6. The monoisotopic (exact) mass is 2820 g/mol. The number of pyridine rings is 5. The van der Waals surface area contributed by atoms with Gasteiger partial charge in [0.1, 0.15) is 41.9 Å². The number of aromatic nitrogens is 5. The Kier molecular flexibility index (Phi) is 73.5. The molecule has 3 fully saturated rings. The predicted molar refractivity (Wildman–Crippen MR) is 649 cm³/mol. The summed E-state index contributed by atoms with van der Waals surface area (Å²) in [5, 5.41) is 31.0. The molecule has 2 atom stereocenters. The number of hydrogen-bond acceptors (Lipinski definition) is 30. The van der Waals surface area contributed by atoms with Gasteiger partial charge in [-0.3, -0.25) is 19.9 Å². The standard InChI is InChI=1S/C19H24NO2S.C18H21NO2S.C18H19NO2S.C13H23BO2.C11H8BrNO2S.C6H5IO2S.C6H7NO2S.C5H5BBrNO2.C4H9NO2.CH2I2.CH3I.3CH4.CH3.B.Na.Pd.H/c1-13-4-6-14(7-5-13)17-12-20(2)10-8-15(17)16-9-11-23-18(16)19(21)22-3;2*1-12-3-5-13(6-4-12)16-11-19-9-7-14(16)15-8-10-22-17(15)18(20)21-2;1-10-6-8-11(9-7-10)14-15-12(2,3)13(4,5)16-14;1-15-11(14)10-8(3-5-16-10)7-2-4-13-6-9(7)12;2*1-9-6(8)5-4(7)2-3-10-5;7-5-3-8-2-1-4(5)6(9)10;1-4(2,3)7-5-6;2-1-3;1-2;;;;;;;;/h8-14H,4-7H2,1-3H3;7-13H,3-6H2,1-2H3;5,7-12H,3-4,6H2,1-2H3;8,10H,6-7,9H2,1-5H3;2-6H,1H3;2-3H,1H3;2-3H,7H2,1H3;1-3,9-10H;1-3H3;1H2;1H3;3*1H4;1H3;;;;/q+1;;;;;;;;;;;;;;-1;;+1;;-1. The summed E-state index contributed by atoms with van der Waals surface area (Å²) in [6, 6.07) is 21.1. The maximum Gasteiger partial charge on any atom is 1.00 e. The molecule has 807 valence electrons. The second-order valence-electron chi connectivity index (χ2n) is 35.0. The number of nitrogens with zero attached hydrogens (tertiary/aromatic N) is 6. The van der Waals surface area contributed by atoms with Gasteiger partial charge in [-0.15, -0.1) is 72.9 Å². The van der Waals surface area contributed by atoms with Crippen LogP contribution in [0.2, 0.25) is 0 Å². The molecule has 4 aliphatic carbocycles. The molecule has 16 rings (SSSR count). The molecule has 4 N–H and O–H groups in total. The van der Waals surface area contributed by atoms with E-state index in [0.29, 0.717) is 56.7 Å². The number of thiophene rings is 6. The van der Waals surface area contributed by atoms with E-state index in [0.717, 1.165) is 95.5 Å². The van der Waals surface area contributed by atoms with Gasteiger partial charge in [0.05, 0.1) is 62.0 Å². The molecule has 5 aliphatic rings. The first-order chi connectivity index (χ1) is 67.3. The van der Waals surface area contributed by atoms with Crippen LogP contribution in [-0.4, -0.2) is 155 Å². The van der Waals surface area contributed by atoms with Gasteiger partial charge in [-0.2, -0.15) is 0 Å². The zero-order valence-electron chi connectivity index (χ0n) is 86.8. The Morgan fingerprint density at radius 1 is 0.507 bits per heavy atom. The van der Waals surface area contributed by atoms with Crippen molar-refractivity contribution in [2.45, 2.75) is 217 Å².